The Hall–Kier alpha value is -1.62. The molecule has 0 saturated heterocycles. The second kappa shape index (κ2) is 7.85. The Labute approximate surface area is 127 Å². The highest BCUT2D eigenvalue weighted by atomic mass is 79.9. The summed E-state index contributed by atoms with van der Waals surface area (Å²) in [7, 11) is 0. The Bertz CT molecular complexity index is 522. The minimum Gasteiger partial charge on any atom is -0.478 e. The molecule has 2 aromatic rings. The quantitative estimate of drug-likeness (QED) is 0.728. The first-order valence-electron chi connectivity index (χ1n) is 6.64. The van der Waals surface area contributed by atoms with E-state index in [0.29, 0.717) is 18.4 Å². The zero-order valence-electron chi connectivity index (χ0n) is 11.5. The van der Waals surface area contributed by atoms with E-state index < -0.39 is 0 Å². The molecule has 0 fully saturated rings. The van der Waals surface area contributed by atoms with E-state index in [0.717, 1.165) is 18.4 Å². The highest BCUT2D eigenvalue weighted by Gasteiger charge is 2.10. The van der Waals surface area contributed by atoms with E-state index in [1.807, 2.05) is 25.1 Å². The molecule has 5 heteroatoms. The Kier molecular flexibility index (Phi) is 5.80. The monoisotopic (exact) mass is 335 g/mol. The van der Waals surface area contributed by atoms with Gasteiger partial charge in [0.05, 0.1) is 6.61 Å². The van der Waals surface area contributed by atoms with E-state index in [1.165, 1.54) is 5.56 Å². The molecule has 0 spiro atoms. The van der Waals surface area contributed by atoms with Crippen LogP contribution in [0.25, 0.3) is 0 Å². The largest absolute Gasteiger partial charge is 0.478 e. The number of rotatable bonds is 7. The van der Waals surface area contributed by atoms with Crippen molar-refractivity contribution in [2.24, 2.45) is 0 Å². The highest BCUT2D eigenvalue weighted by Crippen LogP contribution is 2.15. The van der Waals surface area contributed by atoms with Crippen LogP contribution in [0.2, 0.25) is 0 Å². The SMILES string of the molecule is CCOc1ccnc(N(CCBr)Cc2ccccc2)n1. The van der Waals surface area contributed by atoms with Gasteiger partial charge in [-0.1, -0.05) is 46.3 Å². The summed E-state index contributed by atoms with van der Waals surface area (Å²) in [4.78, 5) is 10.9. The van der Waals surface area contributed by atoms with Crippen molar-refractivity contribution in [2.45, 2.75) is 13.5 Å². The average molecular weight is 336 g/mol. The van der Waals surface area contributed by atoms with Crippen molar-refractivity contribution in [3.63, 3.8) is 0 Å². The summed E-state index contributed by atoms with van der Waals surface area (Å²) in [6.45, 7) is 4.17. The summed E-state index contributed by atoms with van der Waals surface area (Å²) in [6, 6.07) is 12.1. The van der Waals surface area contributed by atoms with Crippen molar-refractivity contribution in [3.05, 3.63) is 48.2 Å². The molecular weight excluding hydrogens is 318 g/mol. The lowest BCUT2D eigenvalue weighted by Gasteiger charge is -2.22. The maximum absolute atomic E-state index is 5.44. The number of ether oxygens (including phenoxy) is 1. The molecule has 0 unspecified atom stereocenters. The summed E-state index contributed by atoms with van der Waals surface area (Å²) < 4.78 is 5.44. The topological polar surface area (TPSA) is 38.2 Å². The minimum absolute atomic E-state index is 0.605. The van der Waals surface area contributed by atoms with Crippen LogP contribution in [-0.4, -0.2) is 28.4 Å². The molecule has 0 aliphatic carbocycles. The first kappa shape index (κ1) is 14.8. The molecule has 2 rings (SSSR count). The van der Waals surface area contributed by atoms with Crippen LogP contribution in [0.15, 0.2) is 42.6 Å². The standard InChI is InChI=1S/C15H18BrN3O/c1-2-20-14-8-10-17-15(18-14)19(11-9-16)12-13-6-4-3-5-7-13/h3-8,10H,2,9,11-12H2,1H3. The predicted molar refractivity (Wildman–Crippen MR) is 84.5 cm³/mol. The second-order valence-corrected chi connectivity index (χ2v) is 5.02. The van der Waals surface area contributed by atoms with Gasteiger partial charge in [-0.2, -0.15) is 4.98 Å². The van der Waals surface area contributed by atoms with Gasteiger partial charge >= 0.3 is 0 Å². The van der Waals surface area contributed by atoms with Crippen molar-refractivity contribution in [1.29, 1.82) is 0 Å². The van der Waals surface area contributed by atoms with Crippen molar-refractivity contribution in [1.82, 2.24) is 9.97 Å². The fraction of sp³-hybridized carbons (Fsp3) is 0.333. The zero-order chi connectivity index (χ0) is 14.2. The van der Waals surface area contributed by atoms with Gasteiger partial charge in [0.2, 0.25) is 11.8 Å². The lowest BCUT2D eigenvalue weighted by Crippen LogP contribution is -2.26. The van der Waals surface area contributed by atoms with Crippen LogP contribution in [-0.2, 0) is 6.54 Å². The number of nitrogens with zero attached hydrogens (tertiary/aromatic N) is 3. The molecule has 1 aromatic heterocycles. The molecule has 20 heavy (non-hydrogen) atoms. The van der Waals surface area contributed by atoms with Crippen molar-refractivity contribution in [3.8, 4) is 5.88 Å². The van der Waals surface area contributed by atoms with Crippen LogP contribution in [0.3, 0.4) is 0 Å². The first-order chi connectivity index (χ1) is 9.83. The summed E-state index contributed by atoms with van der Waals surface area (Å²) in [5, 5.41) is 0.863. The Morgan fingerprint density at radius 3 is 2.70 bits per heavy atom. The van der Waals surface area contributed by atoms with Crippen LogP contribution in [0.1, 0.15) is 12.5 Å². The van der Waals surface area contributed by atoms with E-state index in [1.54, 1.807) is 12.3 Å². The molecule has 1 aromatic carbocycles. The predicted octanol–water partition coefficient (Wildman–Crippen LogP) is 3.28. The molecule has 0 bridgehead atoms. The van der Waals surface area contributed by atoms with E-state index in [-0.39, 0.29) is 0 Å². The molecule has 1 heterocycles. The Morgan fingerprint density at radius 2 is 2.00 bits per heavy atom. The van der Waals surface area contributed by atoms with Gasteiger partial charge in [0.25, 0.3) is 0 Å². The lowest BCUT2D eigenvalue weighted by atomic mass is 10.2. The lowest BCUT2D eigenvalue weighted by molar-refractivity contribution is 0.326. The van der Waals surface area contributed by atoms with Gasteiger partial charge in [-0.05, 0) is 12.5 Å². The second-order valence-electron chi connectivity index (χ2n) is 4.22. The maximum atomic E-state index is 5.44. The van der Waals surface area contributed by atoms with Crippen LogP contribution in [0, 0.1) is 0 Å². The Morgan fingerprint density at radius 1 is 1.20 bits per heavy atom. The number of aromatic nitrogens is 2. The van der Waals surface area contributed by atoms with E-state index in [2.05, 4.69) is 42.9 Å². The molecule has 0 aliphatic rings. The first-order valence-corrected chi connectivity index (χ1v) is 7.76. The molecule has 0 atom stereocenters. The average Bonchev–Trinajstić information content (AvgIpc) is 2.49. The summed E-state index contributed by atoms with van der Waals surface area (Å²) in [5.74, 6) is 1.31. The summed E-state index contributed by atoms with van der Waals surface area (Å²) >= 11 is 3.48. The number of halogens is 1. The number of hydrogen-bond donors (Lipinski definition) is 0. The molecular formula is C15H18BrN3O. The maximum Gasteiger partial charge on any atom is 0.228 e. The minimum atomic E-state index is 0.605. The molecule has 0 aliphatic heterocycles. The van der Waals surface area contributed by atoms with Crippen LogP contribution in [0.4, 0.5) is 5.95 Å². The van der Waals surface area contributed by atoms with Gasteiger partial charge in [0.15, 0.2) is 0 Å². The molecule has 0 saturated carbocycles. The van der Waals surface area contributed by atoms with E-state index in [9.17, 15) is 0 Å². The van der Waals surface area contributed by atoms with Crippen molar-refractivity contribution < 1.29 is 4.74 Å². The van der Waals surface area contributed by atoms with Gasteiger partial charge in [-0.25, -0.2) is 4.98 Å². The number of benzene rings is 1. The van der Waals surface area contributed by atoms with Crippen LogP contribution < -0.4 is 9.64 Å². The molecule has 0 radical (unpaired) electrons. The summed E-state index contributed by atoms with van der Waals surface area (Å²) in [5.41, 5.74) is 1.24. The Balaban J connectivity index is 2.17. The third-order valence-corrected chi connectivity index (χ3v) is 3.12. The van der Waals surface area contributed by atoms with E-state index >= 15 is 0 Å². The fourth-order valence-electron chi connectivity index (χ4n) is 1.87. The number of alkyl halides is 1. The molecule has 106 valence electrons. The van der Waals surface area contributed by atoms with Crippen LogP contribution >= 0.6 is 15.9 Å². The van der Waals surface area contributed by atoms with Crippen LogP contribution in [0.5, 0.6) is 5.88 Å². The number of anilines is 1. The van der Waals surface area contributed by atoms with Gasteiger partial charge in [0.1, 0.15) is 0 Å². The van der Waals surface area contributed by atoms with Gasteiger partial charge in [-0.15, -0.1) is 0 Å². The van der Waals surface area contributed by atoms with Gasteiger partial charge in [0, 0.05) is 30.7 Å². The molecule has 4 nitrogen and oxygen atoms in total. The van der Waals surface area contributed by atoms with Gasteiger partial charge in [-0.3, -0.25) is 0 Å². The molecule has 0 N–H and O–H groups in total. The summed E-state index contributed by atoms with van der Waals surface area (Å²) in [6.07, 6.45) is 1.74. The fourth-order valence-corrected chi connectivity index (χ4v) is 2.30. The highest BCUT2D eigenvalue weighted by molar-refractivity contribution is 9.09. The number of hydrogen-bond acceptors (Lipinski definition) is 4. The third kappa shape index (κ3) is 4.20. The van der Waals surface area contributed by atoms with Crippen molar-refractivity contribution >= 4 is 21.9 Å². The third-order valence-electron chi connectivity index (χ3n) is 2.76. The smallest absolute Gasteiger partial charge is 0.228 e. The molecule has 0 amide bonds. The van der Waals surface area contributed by atoms with Crippen molar-refractivity contribution in [2.75, 3.05) is 23.4 Å². The van der Waals surface area contributed by atoms with Gasteiger partial charge < -0.3 is 9.64 Å². The zero-order valence-corrected chi connectivity index (χ0v) is 13.1. The van der Waals surface area contributed by atoms with E-state index in [4.69, 9.17) is 4.74 Å². The normalized spacial score (nSPS) is 10.3.